The van der Waals surface area contributed by atoms with Crippen LogP contribution in [0.3, 0.4) is 0 Å². The molecule has 2 rings (SSSR count). The Morgan fingerprint density at radius 2 is 2.16 bits per heavy atom. The lowest BCUT2D eigenvalue weighted by Gasteiger charge is -2.04. The van der Waals surface area contributed by atoms with Crippen LogP contribution in [0.25, 0.3) is 11.3 Å². The lowest BCUT2D eigenvalue weighted by Crippen LogP contribution is -2.02. The van der Waals surface area contributed by atoms with Crippen molar-refractivity contribution in [3.63, 3.8) is 0 Å². The van der Waals surface area contributed by atoms with Gasteiger partial charge >= 0.3 is 0 Å². The fourth-order valence-corrected chi connectivity index (χ4v) is 2.19. The van der Waals surface area contributed by atoms with Gasteiger partial charge in [0.1, 0.15) is 11.5 Å². The van der Waals surface area contributed by atoms with Gasteiger partial charge in [-0.2, -0.15) is 5.10 Å². The maximum Gasteiger partial charge on any atom is 0.137 e. The van der Waals surface area contributed by atoms with E-state index < -0.39 is 0 Å². The summed E-state index contributed by atoms with van der Waals surface area (Å²) in [6.45, 7) is 5.18. The first kappa shape index (κ1) is 14.1. The van der Waals surface area contributed by atoms with E-state index in [1.807, 2.05) is 10.9 Å². The zero-order chi connectivity index (χ0) is 14.0. The van der Waals surface area contributed by atoms with E-state index in [4.69, 9.17) is 5.73 Å². The topological polar surface area (TPSA) is 43.8 Å². The summed E-state index contributed by atoms with van der Waals surface area (Å²) < 4.78 is 15.5. The Balaban J connectivity index is 2.27. The molecule has 1 aromatic carbocycles. The van der Waals surface area contributed by atoms with Gasteiger partial charge in [0, 0.05) is 18.3 Å². The van der Waals surface area contributed by atoms with Gasteiger partial charge in [-0.15, -0.1) is 0 Å². The van der Waals surface area contributed by atoms with Crippen LogP contribution in [-0.2, 0) is 6.54 Å². The molecule has 0 aliphatic carbocycles. The Morgan fingerprint density at radius 1 is 1.42 bits per heavy atom. The number of nitrogens with zero attached hydrogens (tertiary/aromatic N) is 2. The number of hydrogen-bond acceptors (Lipinski definition) is 2. The lowest BCUT2D eigenvalue weighted by molar-refractivity contribution is 0.488. The number of rotatable bonds is 4. The van der Waals surface area contributed by atoms with E-state index in [0.717, 1.165) is 18.5 Å². The third-order valence-electron chi connectivity index (χ3n) is 2.92. The summed E-state index contributed by atoms with van der Waals surface area (Å²) in [5, 5.41) is 4.47. The molecule has 0 aliphatic heterocycles. The van der Waals surface area contributed by atoms with Crippen molar-refractivity contribution in [1.82, 2.24) is 9.78 Å². The standard InChI is InChI=1S/C14H17BrFN3/c1-9(2)5-6-19-8-13(17)14(18-19)10-3-4-12(16)11(15)7-10/h3-4,7-9H,5-6,17H2,1-2H3. The average molecular weight is 326 g/mol. The Morgan fingerprint density at radius 3 is 2.79 bits per heavy atom. The number of anilines is 1. The summed E-state index contributed by atoms with van der Waals surface area (Å²) in [5.74, 6) is 0.329. The van der Waals surface area contributed by atoms with Crippen LogP contribution in [-0.4, -0.2) is 9.78 Å². The molecule has 102 valence electrons. The summed E-state index contributed by atoms with van der Waals surface area (Å²) in [7, 11) is 0. The number of aromatic nitrogens is 2. The number of nitrogen functional groups attached to an aromatic ring is 1. The number of nitrogens with two attached hydrogens (primary N) is 1. The second-order valence-electron chi connectivity index (χ2n) is 5.01. The van der Waals surface area contributed by atoms with E-state index in [1.54, 1.807) is 12.1 Å². The summed E-state index contributed by atoms with van der Waals surface area (Å²) in [6.07, 6.45) is 2.88. The van der Waals surface area contributed by atoms with E-state index >= 15 is 0 Å². The quantitative estimate of drug-likeness (QED) is 0.920. The van der Waals surface area contributed by atoms with E-state index in [-0.39, 0.29) is 5.82 Å². The van der Waals surface area contributed by atoms with Crippen molar-refractivity contribution in [2.45, 2.75) is 26.8 Å². The Labute approximate surface area is 120 Å². The fourth-order valence-electron chi connectivity index (χ4n) is 1.81. The van der Waals surface area contributed by atoms with E-state index in [2.05, 4.69) is 34.9 Å². The molecule has 0 fully saturated rings. The van der Waals surface area contributed by atoms with Gasteiger partial charge in [-0.25, -0.2) is 4.39 Å². The molecule has 0 unspecified atom stereocenters. The maximum absolute atomic E-state index is 13.2. The minimum absolute atomic E-state index is 0.290. The van der Waals surface area contributed by atoms with Crippen LogP contribution in [0.5, 0.6) is 0 Å². The molecule has 0 atom stereocenters. The summed E-state index contributed by atoms with van der Waals surface area (Å²) in [5.41, 5.74) is 8.10. The summed E-state index contributed by atoms with van der Waals surface area (Å²) >= 11 is 3.17. The molecule has 19 heavy (non-hydrogen) atoms. The average Bonchev–Trinajstić information content (AvgIpc) is 2.72. The molecule has 0 bridgehead atoms. The molecule has 2 aromatic rings. The third kappa shape index (κ3) is 3.35. The first-order valence-electron chi connectivity index (χ1n) is 6.25. The second kappa shape index (κ2) is 5.74. The number of halogens is 2. The van der Waals surface area contributed by atoms with Gasteiger partial charge < -0.3 is 5.73 Å². The summed E-state index contributed by atoms with van der Waals surface area (Å²) in [4.78, 5) is 0. The van der Waals surface area contributed by atoms with E-state index in [0.29, 0.717) is 21.8 Å². The highest BCUT2D eigenvalue weighted by Gasteiger charge is 2.10. The molecule has 0 radical (unpaired) electrons. The number of benzene rings is 1. The van der Waals surface area contributed by atoms with Crippen molar-refractivity contribution < 1.29 is 4.39 Å². The van der Waals surface area contributed by atoms with Gasteiger partial charge in [0.05, 0.1) is 10.2 Å². The van der Waals surface area contributed by atoms with Crippen LogP contribution in [0.15, 0.2) is 28.9 Å². The molecule has 0 spiro atoms. The molecular formula is C14H17BrFN3. The first-order chi connectivity index (χ1) is 8.97. The normalized spacial score (nSPS) is 11.2. The molecular weight excluding hydrogens is 309 g/mol. The van der Waals surface area contributed by atoms with Gasteiger partial charge in [0.2, 0.25) is 0 Å². The van der Waals surface area contributed by atoms with Crippen LogP contribution in [0.1, 0.15) is 20.3 Å². The molecule has 3 nitrogen and oxygen atoms in total. The van der Waals surface area contributed by atoms with Crippen LogP contribution < -0.4 is 5.73 Å². The van der Waals surface area contributed by atoms with Crippen molar-refractivity contribution in [2.75, 3.05) is 5.73 Å². The van der Waals surface area contributed by atoms with Crippen molar-refractivity contribution >= 4 is 21.6 Å². The van der Waals surface area contributed by atoms with E-state index in [1.165, 1.54) is 6.07 Å². The zero-order valence-corrected chi connectivity index (χ0v) is 12.6. The monoisotopic (exact) mass is 325 g/mol. The highest BCUT2D eigenvalue weighted by atomic mass is 79.9. The van der Waals surface area contributed by atoms with Crippen molar-refractivity contribution in [3.05, 3.63) is 34.7 Å². The number of hydrogen-bond donors (Lipinski definition) is 1. The summed E-state index contributed by atoms with van der Waals surface area (Å²) in [6, 6.07) is 4.79. The Hall–Kier alpha value is -1.36. The van der Waals surface area contributed by atoms with Crippen LogP contribution in [0.2, 0.25) is 0 Å². The highest BCUT2D eigenvalue weighted by molar-refractivity contribution is 9.10. The van der Waals surface area contributed by atoms with Gasteiger partial charge in [0.25, 0.3) is 0 Å². The van der Waals surface area contributed by atoms with E-state index in [9.17, 15) is 4.39 Å². The zero-order valence-electron chi connectivity index (χ0n) is 11.0. The van der Waals surface area contributed by atoms with Gasteiger partial charge in [0.15, 0.2) is 0 Å². The molecule has 0 saturated carbocycles. The molecule has 0 saturated heterocycles. The van der Waals surface area contributed by atoms with Gasteiger partial charge in [-0.1, -0.05) is 13.8 Å². The highest BCUT2D eigenvalue weighted by Crippen LogP contribution is 2.28. The Kier molecular flexibility index (Phi) is 4.24. The second-order valence-corrected chi connectivity index (χ2v) is 5.86. The van der Waals surface area contributed by atoms with Crippen LogP contribution in [0, 0.1) is 11.7 Å². The van der Waals surface area contributed by atoms with Crippen LogP contribution in [0.4, 0.5) is 10.1 Å². The largest absolute Gasteiger partial charge is 0.396 e. The number of aryl methyl sites for hydroxylation is 1. The predicted octanol–water partition coefficient (Wildman–Crippen LogP) is 4.08. The maximum atomic E-state index is 13.2. The fraction of sp³-hybridized carbons (Fsp3) is 0.357. The minimum atomic E-state index is -0.290. The molecule has 1 heterocycles. The lowest BCUT2D eigenvalue weighted by atomic mass is 10.1. The first-order valence-corrected chi connectivity index (χ1v) is 7.05. The molecule has 0 amide bonds. The molecule has 1 aromatic heterocycles. The predicted molar refractivity (Wildman–Crippen MR) is 79.2 cm³/mol. The van der Waals surface area contributed by atoms with Gasteiger partial charge in [-0.3, -0.25) is 4.68 Å². The van der Waals surface area contributed by atoms with Crippen molar-refractivity contribution in [2.24, 2.45) is 5.92 Å². The van der Waals surface area contributed by atoms with Crippen LogP contribution >= 0.6 is 15.9 Å². The SMILES string of the molecule is CC(C)CCn1cc(N)c(-c2ccc(F)c(Br)c2)n1. The minimum Gasteiger partial charge on any atom is -0.396 e. The van der Waals surface area contributed by atoms with Crippen molar-refractivity contribution in [3.8, 4) is 11.3 Å². The Bertz CT molecular complexity index is 578. The third-order valence-corrected chi connectivity index (χ3v) is 3.53. The smallest absolute Gasteiger partial charge is 0.137 e. The molecule has 2 N–H and O–H groups in total. The van der Waals surface area contributed by atoms with Crippen molar-refractivity contribution in [1.29, 1.82) is 0 Å². The molecule has 0 aliphatic rings. The van der Waals surface area contributed by atoms with Gasteiger partial charge in [-0.05, 0) is 46.5 Å². The molecule has 5 heteroatoms.